The van der Waals surface area contributed by atoms with Crippen molar-refractivity contribution in [3.05, 3.63) is 72.4 Å². The Labute approximate surface area is 108 Å². The molecular formula is C16H18N2. The Balaban J connectivity index is 1.83. The number of para-hydroxylation sites is 2. The largest absolute Gasteiger partial charge is 0.381 e. The summed E-state index contributed by atoms with van der Waals surface area (Å²) < 4.78 is 0. The van der Waals surface area contributed by atoms with Crippen LogP contribution in [0.3, 0.4) is 0 Å². The lowest BCUT2D eigenvalue weighted by Crippen LogP contribution is -2.02. The Morgan fingerprint density at radius 2 is 1.44 bits per heavy atom. The standard InChI is InChI=1S/C16H18N2/c1-14(18-16-10-6-3-7-11-16)12-13-17-15-8-4-2-5-9-15/h2-12,17-18H,13H2,1H3/b14-12+. The maximum atomic E-state index is 3.35. The Morgan fingerprint density at radius 3 is 2.06 bits per heavy atom. The average Bonchev–Trinajstić information content (AvgIpc) is 2.41. The van der Waals surface area contributed by atoms with E-state index in [0.717, 1.165) is 23.6 Å². The summed E-state index contributed by atoms with van der Waals surface area (Å²) in [6, 6.07) is 20.4. The van der Waals surface area contributed by atoms with Crippen LogP contribution < -0.4 is 10.6 Å². The molecule has 0 fully saturated rings. The molecule has 0 aromatic heterocycles. The van der Waals surface area contributed by atoms with Crippen molar-refractivity contribution in [3.63, 3.8) is 0 Å². The molecule has 92 valence electrons. The number of benzene rings is 2. The normalized spacial score (nSPS) is 11.1. The number of nitrogens with one attached hydrogen (secondary N) is 2. The summed E-state index contributed by atoms with van der Waals surface area (Å²) in [5.74, 6) is 0. The lowest BCUT2D eigenvalue weighted by molar-refractivity contribution is 1.26. The fourth-order valence-corrected chi connectivity index (χ4v) is 1.68. The highest BCUT2D eigenvalue weighted by Gasteiger charge is 1.91. The van der Waals surface area contributed by atoms with E-state index in [1.54, 1.807) is 0 Å². The van der Waals surface area contributed by atoms with Crippen LogP contribution in [0.4, 0.5) is 11.4 Å². The molecule has 2 aromatic carbocycles. The summed E-state index contributed by atoms with van der Waals surface area (Å²) in [5, 5.41) is 6.69. The second-order valence-corrected chi connectivity index (χ2v) is 4.13. The first kappa shape index (κ1) is 12.2. The summed E-state index contributed by atoms with van der Waals surface area (Å²) in [7, 11) is 0. The van der Waals surface area contributed by atoms with Gasteiger partial charge in [-0.3, -0.25) is 0 Å². The van der Waals surface area contributed by atoms with E-state index < -0.39 is 0 Å². The van der Waals surface area contributed by atoms with Crippen LogP contribution in [0.15, 0.2) is 72.4 Å². The molecule has 0 saturated heterocycles. The van der Waals surface area contributed by atoms with Crippen molar-refractivity contribution in [1.29, 1.82) is 0 Å². The molecule has 0 saturated carbocycles. The zero-order valence-corrected chi connectivity index (χ0v) is 10.6. The van der Waals surface area contributed by atoms with Crippen molar-refractivity contribution in [1.82, 2.24) is 0 Å². The molecule has 0 spiro atoms. The molecule has 0 heterocycles. The van der Waals surface area contributed by atoms with Crippen LogP contribution in [0.5, 0.6) is 0 Å². The maximum absolute atomic E-state index is 3.35. The molecule has 2 N–H and O–H groups in total. The Kier molecular flexibility index (Phi) is 4.42. The van der Waals surface area contributed by atoms with Gasteiger partial charge in [0.05, 0.1) is 0 Å². The quantitative estimate of drug-likeness (QED) is 0.819. The van der Waals surface area contributed by atoms with Crippen molar-refractivity contribution in [2.75, 3.05) is 17.2 Å². The van der Waals surface area contributed by atoms with Crippen molar-refractivity contribution < 1.29 is 0 Å². The third kappa shape index (κ3) is 3.98. The topological polar surface area (TPSA) is 24.1 Å². The van der Waals surface area contributed by atoms with E-state index in [4.69, 9.17) is 0 Å². The third-order valence-corrected chi connectivity index (χ3v) is 2.60. The van der Waals surface area contributed by atoms with Gasteiger partial charge in [0, 0.05) is 23.6 Å². The molecule has 0 radical (unpaired) electrons. The lowest BCUT2D eigenvalue weighted by atomic mass is 10.3. The third-order valence-electron chi connectivity index (χ3n) is 2.60. The monoisotopic (exact) mass is 238 g/mol. The van der Waals surface area contributed by atoms with Gasteiger partial charge < -0.3 is 10.6 Å². The minimum atomic E-state index is 0.815. The van der Waals surface area contributed by atoms with Crippen molar-refractivity contribution >= 4 is 11.4 Å². The first-order valence-electron chi connectivity index (χ1n) is 6.12. The van der Waals surface area contributed by atoms with Gasteiger partial charge >= 0.3 is 0 Å². The fraction of sp³-hybridized carbons (Fsp3) is 0.125. The van der Waals surface area contributed by atoms with Crippen LogP contribution >= 0.6 is 0 Å². The van der Waals surface area contributed by atoms with Gasteiger partial charge in [-0.15, -0.1) is 0 Å². The van der Waals surface area contributed by atoms with Crippen LogP contribution in [0.1, 0.15) is 6.92 Å². The maximum Gasteiger partial charge on any atom is 0.0381 e. The van der Waals surface area contributed by atoms with E-state index in [1.165, 1.54) is 0 Å². The molecule has 2 aromatic rings. The zero-order chi connectivity index (χ0) is 12.6. The SMILES string of the molecule is C/C(=C\CNc1ccccc1)Nc1ccccc1. The van der Waals surface area contributed by atoms with Gasteiger partial charge in [-0.05, 0) is 37.3 Å². The van der Waals surface area contributed by atoms with Gasteiger partial charge in [-0.1, -0.05) is 36.4 Å². The van der Waals surface area contributed by atoms with E-state index in [1.807, 2.05) is 36.4 Å². The Morgan fingerprint density at radius 1 is 0.889 bits per heavy atom. The fourth-order valence-electron chi connectivity index (χ4n) is 1.68. The van der Waals surface area contributed by atoms with Crippen molar-refractivity contribution in [2.45, 2.75) is 6.92 Å². The molecule has 0 bridgehead atoms. The number of anilines is 2. The lowest BCUT2D eigenvalue weighted by Gasteiger charge is -2.07. The van der Waals surface area contributed by atoms with Gasteiger partial charge in [0.1, 0.15) is 0 Å². The summed E-state index contributed by atoms with van der Waals surface area (Å²) >= 11 is 0. The average molecular weight is 238 g/mol. The van der Waals surface area contributed by atoms with Gasteiger partial charge in [-0.2, -0.15) is 0 Å². The van der Waals surface area contributed by atoms with Crippen molar-refractivity contribution in [3.8, 4) is 0 Å². The van der Waals surface area contributed by atoms with E-state index in [9.17, 15) is 0 Å². The highest BCUT2D eigenvalue weighted by atomic mass is 14.9. The summed E-state index contributed by atoms with van der Waals surface area (Å²) in [6.07, 6.45) is 2.14. The Bertz CT molecular complexity index is 489. The smallest absolute Gasteiger partial charge is 0.0381 e. The molecular weight excluding hydrogens is 220 g/mol. The van der Waals surface area contributed by atoms with E-state index in [0.29, 0.717) is 0 Å². The predicted molar refractivity (Wildman–Crippen MR) is 78.8 cm³/mol. The number of rotatable bonds is 5. The van der Waals surface area contributed by atoms with E-state index in [2.05, 4.69) is 47.9 Å². The zero-order valence-electron chi connectivity index (χ0n) is 10.6. The first-order valence-corrected chi connectivity index (χ1v) is 6.12. The van der Waals surface area contributed by atoms with Gasteiger partial charge in [0.15, 0.2) is 0 Å². The molecule has 0 atom stereocenters. The first-order chi connectivity index (χ1) is 8.84. The second kappa shape index (κ2) is 6.50. The molecule has 0 amide bonds. The van der Waals surface area contributed by atoms with Crippen LogP contribution in [0.2, 0.25) is 0 Å². The van der Waals surface area contributed by atoms with Crippen LogP contribution in [0, 0.1) is 0 Å². The molecule has 2 rings (SSSR count). The summed E-state index contributed by atoms with van der Waals surface area (Å²) in [4.78, 5) is 0. The number of hydrogen-bond acceptors (Lipinski definition) is 2. The second-order valence-electron chi connectivity index (χ2n) is 4.13. The molecule has 2 nitrogen and oxygen atoms in total. The molecule has 0 aliphatic heterocycles. The predicted octanol–water partition coefficient (Wildman–Crippen LogP) is 4.11. The van der Waals surface area contributed by atoms with Gasteiger partial charge in [0.2, 0.25) is 0 Å². The van der Waals surface area contributed by atoms with Gasteiger partial charge in [-0.25, -0.2) is 0 Å². The summed E-state index contributed by atoms with van der Waals surface area (Å²) in [6.45, 7) is 2.88. The number of hydrogen-bond donors (Lipinski definition) is 2. The van der Waals surface area contributed by atoms with E-state index >= 15 is 0 Å². The van der Waals surface area contributed by atoms with E-state index in [-0.39, 0.29) is 0 Å². The minimum Gasteiger partial charge on any atom is -0.381 e. The van der Waals surface area contributed by atoms with Crippen LogP contribution in [0.25, 0.3) is 0 Å². The minimum absolute atomic E-state index is 0.815. The summed E-state index contributed by atoms with van der Waals surface area (Å²) in [5.41, 5.74) is 3.40. The van der Waals surface area contributed by atoms with Crippen molar-refractivity contribution in [2.24, 2.45) is 0 Å². The molecule has 2 heteroatoms. The van der Waals surface area contributed by atoms with Crippen LogP contribution in [-0.2, 0) is 0 Å². The molecule has 0 aliphatic carbocycles. The Hall–Kier alpha value is -2.22. The molecule has 0 aliphatic rings. The molecule has 0 unspecified atom stereocenters. The highest BCUT2D eigenvalue weighted by molar-refractivity contribution is 5.48. The highest BCUT2D eigenvalue weighted by Crippen LogP contribution is 2.09. The van der Waals surface area contributed by atoms with Gasteiger partial charge in [0.25, 0.3) is 0 Å². The molecule has 18 heavy (non-hydrogen) atoms. The number of allylic oxidation sites excluding steroid dienone is 1. The van der Waals surface area contributed by atoms with Crippen LogP contribution in [-0.4, -0.2) is 6.54 Å².